The minimum atomic E-state index is -0.350. The molecule has 106 valence electrons. The average Bonchev–Trinajstić information content (AvgIpc) is 3.08. The Bertz CT molecular complexity index is 588. The Kier molecular flexibility index (Phi) is 3.44. The maximum absolute atomic E-state index is 5.77. The van der Waals surface area contributed by atoms with Crippen LogP contribution in [-0.2, 0) is 16.8 Å². The fourth-order valence-electron chi connectivity index (χ4n) is 2.85. The molecule has 5 nitrogen and oxygen atoms in total. The summed E-state index contributed by atoms with van der Waals surface area (Å²) in [4.78, 5) is 4.52. The van der Waals surface area contributed by atoms with Gasteiger partial charge in [0, 0.05) is 12.8 Å². The van der Waals surface area contributed by atoms with Crippen molar-refractivity contribution >= 4 is 5.69 Å². The van der Waals surface area contributed by atoms with E-state index in [0.29, 0.717) is 18.1 Å². The van der Waals surface area contributed by atoms with Crippen molar-refractivity contribution in [3.05, 3.63) is 41.5 Å². The van der Waals surface area contributed by atoms with E-state index >= 15 is 0 Å². The van der Waals surface area contributed by atoms with E-state index in [1.807, 2.05) is 24.3 Å². The number of methoxy groups -OCH3 is 1. The summed E-state index contributed by atoms with van der Waals surface area (Å²) in [6.07, 6.45) is 4.80. The van der Waals surface area contributed by atoms with Crippen LogP contribution >= 0.6 is 0 Å². The second-order valence-corrected chi connectivity index (χ2v) is 5.34. The number of ether oxygens (including phenoxy) is 1. The van der Waals surface area contributed by atoms with Crippen molar-refractivity contribution in [2.75, 3.05) is 12.8 Å². The Balaban J connectivity index is 1.80. The van der Waals surface area contributed by atoms with Crippen LogP contribution in [-0.4, -0.2) is 17.3 Å². The van der Waals surface area contributed by atoms with Crippen molar-refractivity contribution in [1.82, 2.24) is 10.1 Å². The molecule has 0 amide bonds. The highest BCUT2D eigenvalue weighted by molar-refractivity contribution is 5.41. The summed E-state index contributed by atoms with van der Waals surface area (Å²) in [5, 5.41) is 4.12. The summed E-state index contributed by atoms with van der Waals surface area (Å²) in [5.74, 6) is 1.28. The van der Waals surface area contributed by atoms with Crippen LogP contribution < -0.4 is 5.73 Å². The number of benzene rings is 1. The van der Waals surface area contributed by atoms with Gasteiger partial charge in [-0.05, 0) is 43.4 Å². The fraction of sp³-hybridized carbons (Fsp3) is 0.467. The molecule has 1 fully saturated rings. The lowest BCUT2D eigenvalue weighted by Crippen LogP contribution is -2.26. The van der Waals surface area contributed by atoms with Gasteiger partial charge in [0.1, 0.15) is 5.60 Å². The third-order valence-corrected chi connectivity index (χ3v) is 3.98. The van der Waals surface area contributed by atoms with E-state index < -0.39 is 0 Å². The third-order valence-electron chi connectivity index (χ3n) is 3.98. The number of nitrogens with two attached hydrogens (primary N) is 1. The summed E-state index contributed by atoms with van der Waals surface area (Å²) < 4.78 is 11.0. The molecular weight excluding hydrogens is 254 g/mol. The van der Waals surface area contributed by atoms with Gasteiger partial charge in [0.2, 0.25) is 11.7 Å². The van der Waals surface area contributed by atoms with E-state index in [4.69, 9.17) is 15.0 Å². The third kappa shape index (κ3) is 2.41. The van der Waals surface area contributed by atoms with Crippen LogP contribution in [0.15, 0.2) is 28.8 Å². The van der Waals surface area contributed by atoms with Crippen molar-refractivity contribution in [2.24, 2.45) is 0 Å². The van der Waals surface area contributed by atoms with Crippen molar-refractivity contribution in [3.8, 4) is 0 Å². The number of anilines is 1. The summed E-state index contributed by atoms with van der Waals surface area (Å²) >= 11 is 0. The highest BCUT2D eigenvalue weighted by atomic mass is 16.5. The van der Waals surface area contributed by atoms with E-state index in [9.17, 15) is 0 Å². The molecule has 1 saturated carbocycles. The maximum atomic E-state index is 5.77. The van der Waals surface area contributed by atoms with E-state index in [-0.39, 0.29) is 5.60 Å². The molecule has 0 aliphatic heterocycles. The van der Waals surface area contributed by atoms with Gasteiger partial charge < -0.3 is 15.0 Å². The first-order valence-corrected chi connectivity index (χ1v) is 6.94. The number of hydrogen-bond donors (Lipinski definition) is 1. The first-order chi connectivity index (χ1) is 9.72. The molecule has 5 heteroatoms. The minimum Gasteiger partial charge on any atom is -0.399 e. The number of nitrogen functional groups attached to an aromatic ring is 1. The zero-order chi connectivity index (χ0) is 14.0. The molecule has 1 aromatic heterocycles. The van der Waals surface area contributed by atoms with Gasteiger partial charge in [0.05, 0.1) is 6.42 Å². The molecule has 1 aromatic carbocycles. The molecule has 0 atom stereocenters. The number of aromatic nitrogens is 2. The zero-order valence-corrected chi connectivity index (χ0v) is 11.6. The zero-order valence-electron chi connectivity index (χ0n) is 11.6. The predicted octanol–water partition coefficient (Wildman–Crippen LogP) is 2.66. The molecule has 0 saturated heterocycles. The topological polar surface area (TPSA) is 74.2 Å². The Morgan fingerprint density at radius 2 is 2.15 bits per heavy atom. The standard InChI is InChI=1S/C15H19N3O2/c1-19-15(7-2-3-8-15)14-17-13(20-18-14)10-11-5-4-6-12(16)9-11/h4-6,9H,2-3,7-8,10,16H2,1H3. The molecule has 3 rings (SSSR count). The lowest BCUT2D eigenvalue weighted by atomic mass is 10.0. The maximum Gasteiger partial charge on any atom is 0.231 e. The van der Waals surface area contributed by atoms with Gasteiger partial charge in [-0.3, -0.25) is 0 Å². The fourth-order valence-corrected chi connectivity index (χ4v) is 2.85. The first-order valence-electron chi connectivity index (χ1n) is 6.94. The Hall–Kier alpha value is -1.88. The van der Waals surface area contributed by atoms with Crippen LogP contribution in [0.2, 0.25) is 0 Å². The number of rotatable bonds is 4. The van der Waals surface area contributed by atoms with Gasteiger partial charge in [0.15, 0.2) is 0 Å². The largest absolute Gasteiger partial charge is 0.399 e. The van der Waals surface area contributed by atoms with E-state index in [1.165, 1.54) is 0 Å². The highest BCUT2D eigenvalue weighted by Gasteiger charge is 2.40. The van der Waals surface area contributed by atoms with Crippen LogP contribution in [0.5, 0.6) is 0 Å². The molecular formula is C15H19N3O2. The van der Waals surface area contributed by atoms with Crippen LogP contribution in [0.25, 0.3) is 0 Å². The summed E-state index contributed by atoms with van der Waals surface area (Å²) in [6, 6.07) is 7.71. The van der Waals surface area contributed by atoms with Crippen molar-refractivity contribution in [3.63, 3.8) is 0 Å². The molecule has 1 heterocycles. The van der Waals surface area contributed by atoms with Gasteiger partial charge in [-0.25, -0.2) is 0 Å². The van der Waals surface area contributed by atoms with Crippen molar-refractivity contribution in [2.45, 2.75) is 37.7 Å². The lowest BCUT2D eigenvalue weighted by molar-refractivity contribution is -0.0178. The highest BCUT2D eigenvalue weighted by Crippen LogP contribution is 2.40. The molecule has 1 aliphatic carbocycles. The normalized spacial score (nSPS) is 17.4. The molecule has 20 heavy (non-hydrogen) atoms. The van der Waals surface area contributed by atoms with Crippen LogP contribution in [0.1, 0.15) is 43.0 Å². The van der Waals surface area contributed by atoms with Crippen LogP contribution in [0.4, 0.5) is 5.69 Å². The monoisotopic (exact) mass is 273 g/mol. The first kappa shape index (κ1) is 13.1. The predicted molar refractivity (Wildman–Crippen MR) is 75.1 cm³/mol. The van der Waals surface area contributed by atoms with Gasteiger partial charge in [-0.2, -0.15) is 4.98 Å². The van der Waals surface area contributed by atoms with E-state index in [1.54, 1.807) is 7.11 Å². The van der Waals surface area contributed by atoms with Gasteiger partial charge >= 0.3 is 0 Å². The smallest absolute Gasteiger partial charge is 0.231 e. The summed E-state index contributed by atoms with van der Waals surface area (Å²) in [5.41, 5.74) is 7.23. The number of nitrogens with zero attached hydrogens (tertiary/aromatic N) is 2. The van der Waals surface area contributed by atoms with E-state index in [0.717, 1.165) is 36.9 Å². The number of hydrogen-bond acceptors (Lipinski definition) is 5. The van der Waals surface area contributed by atoms with Gasteiger partial charge in [-0.15, -0.1) is 0 Å². The van der Waals surface area contributed by atoms with Crippen molar-refractivity contribution in [1.29, 1.82) is 0 Å². The molecule has 1 aliphatic rings. The van der Waals surface area contributed by atoms with Crippen LogP contribution in [0, 0.1) is 0 Å². The van der Waals surface area contributed by atoms with E-state index in [2.05, 4.69) is 10.1 Å². The molecule has 2 aromatic rings. The molecule has 0 radical (unpaired) electrons. The molecule has 0 unspecified atom stereocenters. The quantitative estimate of drug-likeness (QED) is 0.867. The second kappa shape index (κ2) is 5.25. The Morgan fingerprint density at radius 1 is 1.35 bits per heavy atom. The SMILES string of the molecule is COC1(c2noc(Cc3cccc(N)c3)n2)CCCC1. The van der Waals surface area contributed by atoms with Crippen LogP contribution in [0.3, 0.4) is 0 Å². The van der Waals surface area contributed by atoms with Gasteiger partial charge in [-0.1, -0.05) is 17.3 Å². The Morgan fingerprint density at radius 3 is 2.85 bits per heavy atom. The molecule has 2 N–H and O–H groups in total. The van der Waals surface area contributed by atoms with Crippen molar-refractivity contribution < 1.29 is 9.26 Å². The second-order valence-electron chi connectivity index (χ2n) is 5.34. The summed E-state index contributed by atoms with van der Waals surface area (Å²) in [7, 11) is 1.72. The molecule has 0 bridgehead atoms. The Labute approximate surface area is 118 Å². The average molecular weight is 273 g/mol. The lowest BCUT2D eigenvalue weighted by Gasteiger charge is -2.22. The molecule has 0 spiro atoms. The van der Waals surface area contributed by atoms with Gasteiger partial charge in [0.25, 0.3) is 0 Å². The minimum absolute atomic E-state index is 0.350. The summed E-state index contributed by atoms with van der Waals surface area (Å²) in [6.45, 7) is 0.